The maximum absolute atomic E-state index is 11.5. The molecule has 2 unspecified atom stereocenters. The van der Waals surface area contributed by atoms with Crippen molar-refractivity contribution in [1.82, 2.24) is 10.6 Å². The summed E-state index contributed by atoms with van der Waals surface area (Å²) in [7, 11) is 0. The van der Waals surface area contributed by atoms with Crippen LogP contribution in [0.4, 0.5) is 4.79 Å². The first-order chi connectivity index (χ1) is 6.44. The van der Waals surface area contributed by atoms with E-state index >= 15 is 0 Å². The second-order valence-electron chi connectivity index (χ2n) is 4.48. The molecule has 2 N–H and O–H groups in total. The third-order valence-electron chi connectivity index (χ3n) is 2.91. The van der Waals surface area contributed by atoms with Gasteiger partial charge in [-0.3, -0.25) is 0 Å². The molecule has 0 radical (unpaired) electrons. The maximum atomic E-state index is 11.5. The van der Waals surface area contributed by atoms with Crippen LogP contribution in [-0.4, -0.2) is 32.4 Å². The minimum absolute atomic E-state index is 0.181. The van der Waals surface area contributed by atoms with Gasteiger partial charge in [-0.2, -0.15) is 0 Å². The van der Waals surface area contributed by atoms with E-state index in [2.05, 4.69) is 17.6 Å². The zero-order chi connectivity index (χ0) is 10.4. The van der Waals surface area contributed by atoms with Crippen LogP contribution in [0.3, 0.4) is 0 Å². The number of hydrogen-bond donors (Lipinski definition) is 2. The van der Waals surface area contributed by atoms with E-state index in [9.17, 15) is 9.59 Å². The van der Waals surface area contributed by atoms with E-state index in [1.807, 2.05) is 0 Å². The molecule has 0 bridgehead atoms. The Morgan fingerprint density at radius 3 is 2.43 bits per heavy atom. The van der Waals surface area contributed by atoms with Crippen LogP contribution in [0.15, 0.2) is 0 Å². The summed E-state index contributed by atoms with van der Waals surface area (Å²) in [6, 6.07) is -0.357. The zero-order valence-corrected chi connectivity index (χ0v) is 10.1. The van der Waals surface area contributed by atoms with Gasteiger partial charge in [0.05, 0.1) is 0 Å². The third-order valence-corrected chi connectivity index (χ3v) is 6.01. The predicted octanol–water partition coefficient (Wildman–Crippen LogP) is 0.679. The number of urea groups is 1. The van der Waals surface area contributed by atoms with Gasteiger partial charge in [-0.25, -0.2) is 0 Å². The fourth-order valence-electron chi connectivity index (χ4n) is 1.54. The summed E-state index contributed by atoms with van der Waals surface area (Å²) in [4.78, 5) is 22.4. The second-order valence-corrected chi connectivity index (χ2v) is 7.76. The molecule has 3 amide bonds. The molecule has 2 atom stereocenters. The Labute approximate surface area is 89.4 Å². The summed E-state index contributed by atoms with van der Waals surface area (Å²) in [5.41, 5.74) is -0.668. The number of amides is 3. The number of carbonyl (C=O) groups is 2. The predicted molar refractivity (Wildman–Crippen MR) is 53.2 cm³/mol. The molecule has 0 saturated carbocycles. The van der Waals surface area contributed by atoms with Crippen molar-refractivity contribution in [2.45, 2.75) is 41.9 Å². The number of nitrogens with one attached hydrogen (secondary N) is 2. The molecule has 2 heterocycles. The van der Waals surface area contributed by atoms with Crippen molar-refractivity contribution in [3.05, 3.63) is 0 Å². The zero-order valence-electron chi connectivity index (χ0n) is 8.35. The minimum atomic E-state index is -0.668. The summed E-state index contributed by atoms with van der Waals surface area (Å²) in [6.45, 7) is 4.05. The summed E-state index contributed by atoms with van der Waals surface area (Å²) in [5.74, 6) is -0.181. The molecule has 2 saturated heterocycles. The molecule has 2 rings (SSSR count). The molecule has 0 aliphatic carbocycles. The van der Waals surface area contributed by atoms with Crippen LogP contribution in [0.5, 0.6) is 0 Å². The molecule has 0 aromatic heterocycles. The van der Waals surface area contributed by atoms with Gasteiger partial charge in [0.25, 0.3) is 0 Å². The van der Waals surface area contributed by atoms with Crippen LogP contribution >= 0.6 is 0 Å². The van der Waals surface area contributed by atoms with Gasteiger partial charge in [0.2, 0.25) is 0 Å². The average Bonchev–Trinajstić information content (AvgIpc) is 2.75. The van der Waals surface area contributed by atoms with Crippen molar-refractivity contribution in [2.75, 3.05) is 0 Å². The van der Waals surface area contributed by atoms with Gasteiger partial charge in [0.1, 0.15) is 0 Å². The van der Waals surface area contributed by atoms with E-state index < -0.39 is 5.54 Å². The molecule has 14 heavy (non-hydrogen) atoms. The molecule has 0 spiro atoms. The van der Waals surface area contributed by atoms with E-state index in [1.54, 1.807) is 6.92 Å². The monoisotopic (exact) mass is 262 g/mol. The Bertz CT molecular complexity index is 301. The van der Waals surface area contributed by atoms with Gasteiger partial charge in [-0.15, -0.1) is 0 Å². The Kier molecular flexibility index (Phi) is 2.12. The summed E-state index contributed by atoms with van der Waals surface area (Å²) >= 11 is 0.752. The van der Waals surface area contributed by atoms with Crippen LogP contribution in [0.25, 0.3) is 0 Å². The first kappa shape index (κ1) is 9.99. The normalized spacial score (nSPS) is 40.7. The molecule has 4 nitrogen and oxygen atoms in total. The van der Waals surface area contributed by atoms with E-state index in [1.165, 1.54) is 5.32 Å². The van der Waals surface area contributed by atoms with Gasteiger partial charge < -0.3 is 0 Å². The SMILES string of the molecule is CC1(CCC2(C)NC(=O)NC2=O)C[Se]1. The summed E-state index contributed by atoms with van der Waals surface area (Å²) < 4.78 is 0.490. The van der Waals surface area contributed by atoms with Gasteiger partial charge in [-0.05, 0) is 0 Å². The first-order valence-electron chi connectivity index (χ1n) is 4.71. The van der Waals surface area contributed by atoms with Crippen molar-refractivity contribution >= 4 is 26.9 Å². The fourth-order valence-corrected chi connectivity index (χ4v) is 2.87. The topological polar surface area (TPSA) is 58.2 Å². The van der Waals surface area contributed by atoms with Crippen molar-refractivity contribution < 1.29 is 9.59 Å². The van der Waals surface area contributed by atoms with E-state index in [0.29, 0.717) is 4.31 Å². The van der Waals surface area contributed by atoms with Crippen molar-refractivity contribution in [3.8, 4) is 0 Å². The Balaban J connectivity index is 1.95. The summed E-state index contributed by atoms with van der Waals surface area (Å²) in [6.07, 6.45) is 1.79. The molecule has 5 heteroatoms. The molecule has 2 aliphatic rings. The molecular formula is C9H14N2O2Se. The second kappa shape index (κ2) is 2.97. The van der Waals surface area contributed by atoms with Crippen molar-refractivity contribution in [3.63, 3.8) is 0 Å². The molecule has 78 valence electrons. The average molecular weight is 261 g/mol. The van der Waals surface area contributed by atoms with Crippen LogP contribution in [-0.2, 0) is 4.79 Å². The number of carbonyl (C=O) groups excluding carboxylic acids is 2. The molecule has 0 aromatic carbocycles. The van der Waals surface area contributed by atoms with Gasteiger partial charge in [-0.1, -0.05) is 0 Å². The third kappa shape index (κ3) is 1.79. The number of rotatable bonds is 3. The van der Waals surface area contributed by atoms with Gasteiger partial charge in [0, 0.05) is 0 Å². The standard InChI is InChI=1S/C9H14N2O2Se/c1-8(5-14-8)3-4-9(2)6(12)10-7(13)11-9/h3-5H2,1-2H3,(H2,10,11,12,13). The van der Waals surface area contributed by atoms with Crippen molar-refractivity contribution in [1.29, 1.82) is 0 Å². The van der Waals surface area contributed by atoms with E-state index in [-0.39, 0.29) is 11.9 Å². The Morgan fingerprint density at radius 1 is 1.36 bits per heavy atom. The molecular weight excluding hydrogens is 247 g/mol. The Hall–Kier alpha value is -0.541. The van der Waals surface area contributed by atoms with Crippen LogP contribution in [0, 0.1) is 0 Å². The van der Waals surface area contributed by atoms with Crippen LogP contribution < -0.4 is 10.6 Å². The van der Waals surface area contributed by atoms with Crippen LogP contribution in [0.2, 0.25) is 9.63 Å². The number of imide groups is 1. The van der Waals surface area contributed by atoms with Crippen molar-refractivity contribution in [2.24, 2.45) is 0 Å². The van der Waals surface area contributed by atoms with E-state index in [4.69, 9.17) is 0 Å². The summed E-state index contributed by atoms with van der Waals surface area (Å²) in [5, 5.41) is 6.28. The molecule has 2 aliphatic heterocycles. The van der Waals surface area contributed by atoms with Crippen LogP contribution in [0.1, 0.15) is 26.7 Å². The molecule has 2 fully saturated rings. The quantitative estimate of drug-likeness (QED) is 0.579. The van der Waals surface area contributed by atoms with E-state index in [0.717, 1.165) is 27.8 Å². The number of hydrogen-bond acceptors (Lipinski definition) is 2. The first-order valence-corrected chi connectivity index (χ1v) is 6.78. The van der Waals surface area contributed by atoms with Gasteiger partial charge in [0.15, 0.2) is 0 Å². The fraction of sp³-hybridized carbons (Fsp3) is 0.778. The van der Waals surface area contributed by atoms with Gasteiger partial charge >= 0.3 is 89.0 Å². The Morgan fingerprint density at radius 2 is 2.00 bits per heavy atom. The molecule has 0 aromatic rings.